The molecule has 0 N–H and O–H groups in total. The number of hydrogen-bond donors (Lipinski definition) is 0. The molecule has 0 saturated heterocycles. The predicted octanol–water partition coefficient (Wildman–Crippen LogP) is 6.86. The van der Waals surface area contributed by atoms with Crippen LogP contribution in [0.4, 0.5) is 0 Å². The van der Waals surface area contributed by atoms with E-state index in [1.807, 2.05) is 0 Å². The molecule has 5 unspecified atom stereocenters. The second-order valence-corrected chi connectivity index (χ2v) is 7.51. The molecule has 0 nitrogen and oxygen atoms in total. The molecule has 1 aliphatic rings. The molecule has 0 aromatic carbocycles. The first-order valence-corrected chi connectivity index (χ1v) is 9.23. The van der Waals surface area contributed by atoms with Crippen molar-refractivity contribution >= 4 is 0 Å². The molecular formula is C20H38. The van der Waals surface area contributed by atoms with Crippen molar-refractivity contribution in [3.63, 3.8) is 0 Å². The fourth-order valence-corrected chi connectivity index (χ4v) is 4.07. The topological polar surface area (TPSA) is 0 Å². The zero-order valence-electron chi connectivity index (χ0n) is 14.7. The Balaban J connectivity index is 2.33. The smallest absolute Gasteiger partial charge is 0.0320 e. The first-order chi connectivity index (χ1) is 9.58. The zero-order chi connectivity index (χ0) is 15.0. The Bertz CT molecular complexity index is 265. The number of hydrogen-bond acceptors (Lipinski definition) is 0. The van der Waals surface area contributed by atoms with Crippen molar-refractivity contribution in [2.24, 2.45) is 29.6 Å². The first-order valence-electron chi connectivity index (χ1n) is 9.23. The van der Waals surface area contributed by atoms with Gasteiger partial charge in [-0.2, -0.15) is 0 Å². The van der Waals surface area contributed by atoms with Gasteiger partial charge in [0, 0.05) is 0 Å². The van der Waals surface area contributed by atoms with Crippen LogP contribution in [0.2, 0.25) is 0 Å². The van der Waals surface area contributed by atoms with Crippen LogP contribution in [0.3, 0.4) is 0 Å². The summed E-state index contributed by atoms with van der Waals surface area (Å²) in [7, 11) is 0. The van der Waals surface area contributed by atoms with Crippen LogP contribution in [0, 0.1) is 29.6 Å². The van der Waals surface area contributed by atoms with Crippen molar-refractivity contribution in [2.45, 2.75) is 86.0 Å². The molecular weight excluding hydrogens is 240 g/mol. The van der Waals surface area contributed by atoms with Gasteiger partial charge in [-0.3, -0.25) is 0 Å². The molecule has 0 radical (unpaired) electrons. The Morgan fingerprint density at radius 3 is 2.40 bits per heavy atom. The summed E-state index contributed by atoms with van der Waals surface area (Å²) in [5.74, 6) is 4.73. The monoisotopic (exact) mass is 278 g/mol. The molecule has 118 valence electrons. The maximum Gasteiger partial charge on any atom is -0.0320 e. The van der Waals surface area contributed by atoms with Crippen molar-refractivity contribution in [2.75, 3.05) is 0 Å². The van der Waals surface area contributed by atoms with Crippen molar-refractivity contribution in [3.8, 4) is 0 Å². The summed E-state index contributed by atoms with van der Waals surface area (Å²) >= 11 is 0. The second-order valence-electron chi connectivity index (χ2n) is 7.51. The Morgan fingerprint density at radius 2 is 1.80 bits per heavy atom. The van der Waals surface area contributed by atoms with Crippen molar-refractivity contribution in [1.82, 2.24) is 0 Å². The van der Waals surface area contributed by atoms with Gasteiger partial charge in [0.2, 0.25) is 0 Å². The zero-order valence-corrected chi connectivity index (χ0v) is 14.7. The molecule has 0 aliphatic heterocycles. The van der Waals surface area contributed by atoms with Gasteiger partial charge in [-0.1, -0.05) is 66.0 Å². The average Bonchev–Trinajstić information content (AvgIpc) is 2.41. The molecule has 1 fully saturated rings. The lowest BCUT2D eigenvalue weighted by Gasteiger charge is -2.36. The van der Waals surface area contributed by atoms with E-state index in [0.29, 0.717) is 0 Å². The highest BCUT2D eigenvalue weighted by Crippen LogP contribution is 2.39. The highest BCUT2D eigenvalue weighted by molar-refractivity contribution is 4.87. The van der Waals surface area contributed by atoms with E-state index in [0.717, 1.165) is 29.6 Å². The van der Waals surface area contributed by atoms with Crippen molar-refractivity contribution in [3.05, 3.63) is 12.2 Å². The quantitative estimate of drug-likeness (QED) is 0.425. The average molecular weight is 279 g/mol. The standard InChI is InChI=1S/C20H38/c1-6-8-9-11-20-13-12-19(15-18(20)5)14-17(4)16(3)10-7-2/h8-9,16-20H,6-7,10-15H2,1-5H3. The van der Waals surface area contributed by atoms with Crippen LogP contribution >= 0.6 is 0 Å². The lowest BCUT2D eigenvalue weighted by Crippen LogP contribution is -2.25. The number of rotatable bonds is 8. The summed E-state index contributed by atoms with van der Waals surface area (Å²) < 4.78 is 0. The minimum absolute atomic E-state index is 0.917. The van der Waals surface area contributed by atoms with Gasteiger partial charge in [-0.05, 0) is 61.7 Å². The SMILES string of the molecule is CCC=CCC1CCC(CC(C)C(C)CCC)CC1C. The van der Waals surface area contributed by atoms with Gasteiger partial charge in [0.25, 0.3) is 0 Å². The predicted molar refractivity (Wildman–Crippen MR) is 91.9 cm³/mol. The number of allylic oxidation sites excluding steroid dienone is 2. The minimum Gasteiger partial charge on any atom is -0.0888 e. The molecule has 1 saturated carbocycles. The summed E-state index contributed by atoms with van der Waals surface area (Å²) in [4.78, 5) is 0. The lowest BCUT2D eigenvalue weighted by atomic mass is 9.70. The van der Waals surface area contributed by atoms with E-state index in [9.17, 15) is 0 Å². The summed E-state index contributed by atoms with van der Waals surface area (Å²) in [6.07, 6.45) is 15.9. The highest BCUT2D eigenvalue weighted by atomic mass is 14.3. The maximum absolute atomic E-state index is 2.50. The third kappa shape index (κ3) is 6.02. The van der Waals surface area contributed by atoms with E-state index >= 15 is 0 Å². The van der Waals surface area contributed by atoms with Gasteiger partial charge in [-0.25, -0.2) is 0 Å². The van der Waals surface area contributed by atoms with Crippen molar-refractivity contribution < 1.29 is 0 Å². The molecule has 0 heterocycles. The van der Waals surface area contributed by atoms with Crippen LogP contribution < -0.4 is 0 Å². The fourth-order valence-electron chi connectivity index (χ4n) is 4.07. The Hall–Kier alpha value is -0.260. The summed E-state index contributed by atoms with van der Waals surface area (Å²) in [6.45, 7) is 12.0. The van der Waals surface area contributed by atoms with Gasteiger partial charge >= 0.3 is 0 Å². The van der Waals surface area contributed by atoms with E-state index in [2.05, 4.69) is 46.8 Å². The largest absolute Gasteiger partial charge is 0.0888 e. The molecule has 1 rings (SSSR count). The Kier molecular flexibility index (Phi) is 8.57. The Morgan fingerprint density at radius 1 is 1.05 bits per heavy atom. The van der Waals surface area contributed by atoms with E-state index in [1.54, 1.807) is 0 Å². The maximum atomic E-state index is 2.50. The van der Waals surface area contributed by atoms with Crippen LogP contribution in [0.5, 0.6) is 0 Å². The minimum atomic E-state index is 0.917. The molecule has 0 heteroatoms. The van der Waals surface area contributed by atoms with Gasteiger partial charge in [0.05, 0.1) is 0 Å². The van der Waals surface area contributed by atoms with E-state index in [-0.39, 0.29) is 0 Å². The van der Waals surface area contributed by atoms with E-state index in [1.165, 1.54) is 51.4 Å². The summed E-state index contributed by atoms with van der Waals surface area (Å²) in [5, 5.41) is 0. The normalized spacial score (nSPS) is 30.6. The lowest BCUT2D eigenvalue weighted by molar-refractivity contribution is 0.160. The third-order valence-electron chi connectivity index (χ3n) is 5.72. The summed E-state index contributed by atoms with van der Waals surface area (Å²) in [5.41, 5.74) is 0. The Labute approximate surface area is 128 Å². The first kappa shape index (κ1) is 17.8. The van der Waals surface area contributed by atoms with Crippen LogP contribution in [0.25, 0.3) is 0 Å². The van der Waals surface area contributed by atoms with Crippen LogP contribution in [-0.2, 0) is 0 Å². The van der Waals surface area contributed by atoms with E-state index in [4.69, 9.17) is 0 Å². The molecule has 1 aliphatic carbocycles. The van der Waals surface area contributed by atoms with Gasteiger partial charge < -0.3 is 0 Å². The molecule has 20 heavy (non-hydrogen) atoms. The fraction of sp³-hybridized carbons (Fsp3) is 0.900. The molecule has 5 atom stereocenters. The summed E-state index contributed by atoms with van der Waals surface area (Å²) in [6, 6.07) is 0. The molecule has 0 bridgehead atoms. The highest BCUT2D eigenvalue weighted by Gasteiger charge is 2.28. The van der Waals surface area contributed by atoms with Gasteiger partial charge in [0.1, 0.15) is 0 Å². The van der Waals surface area contributed by atoms with Crippen LogP contribution in [-0.4, -0.2) is 0 Å². The van der Waals surface area contributed by atoms with Gasteiger partial charge in [-0.15, -0.1) is 0 Å². The molecule has 0 aromatic rings. The third-order valence-corrected chi connectivity index (χ3v) is 5.72. The molecule has 0 aromatic heterocycles. The van der Waals surface area contributed by atoms with Crippen LogP contribution in [0.15, 0.2) is 12.2 Å². The van der Waals surface area contributed by atoms with E-state index < -0.39 is 0 Å². The second kappa shape index (κ2) is 9.64. The van der Waals surface area contributed by atoms with Crippen molar-refractivity contribution in [1.29, 1.82) is 0 Å². The van der Waals surface area contributed by atoms with Gasteiger partial charge in [0.15, 0.2) is 0 Å². The molecule has 0 spiro atoms. The van der Waals surface area contributed by atoms with Crippen LogP contribution in [0.1, 0.15) is 86.0 Å². The molecule has 0 amide bonds.